The first-order valence-electron chi connectivity index (χ1n) is 14.3. The van der Waals surface area contributed by atoms with Gasteiger partial charge in [-0.25, -0.2) is 9.40 Å². The van der Waals surface area contributed by atoms with E-state index in [4.69, 9.17) is 4.74 Å². The molecule has 1 aliphatic heterocycles. The second kappa shape index (κ2) is 11.6. The van der Waals surface area contributed by atoms with E-state index in [0.717, 1.165) is 54.4 Å². The minimum atomic E-state index is -0.320. The summed E-state index contributed by atoms with van der Waals surface area (Å²) in [7, 11) is 0. The van der Waals surface area contributed by atoms with Gasteiger partial charge in [-0.2, -0.15) is 0 Å². The summed E-state index contributed by atoms with van der Waals surface area (Å²) in [5.41, 5.74) is 4.13. The van der Waals surface area contributed by atoms with Gasteiger partial charge in [0.25, 0.3) is 5.91 Å². The van der Waals surface area contributed by atoms with Gasteiger partial charge >= 0.3 is 0 Å². The Morgan fingerprint density at radius 3 is 2.45 bits per heavy atom. The smallest absolute Gasteiger partial charge is 0.281 e. The number of amides is 2. The minimum absolute atomic E-state index is 0.0574. The van der Waals surface area contributed by atoms with Crippen LogP contribution in [0.15, 0.2) is 77.9 Å². The number of anilines is 1. The normalized spacial score (nSPS) is 18.3. The van der Waals surface area contributed by atoms with E-state index in [9.17, 15) is 14.0 Å². The van der Waals surface area contributed by atoms with Crippen molar-refractivity contribution in [1.82, 2.24) is 5.01 Å². The number of hydrogen-bond acceptors (Lipinski definition) is 4. The summed E-state index contributed by atoms with van der Waals surface area (Å²) in [5, 5.41) is 8.91. The predicted molar refractivity (Wildman–Crippen MR) is 152 cm³/mol. The Hall–Kier alpha value is -4.00. The van der Waals surface area contributed by atoms with Crippen LogP contribution in [0, 0.1) is 17.7 Å². The Kier molecular flexibility index (Phi) is 7.62. The van der Waals surface area contributed by atoms with E-state index in [1.54, 1.807) is 6.07 Å². The Bertz CT molecular complexity index is 1400. The van der Waals surface area contributed by atoms with Gasteiger partial charge in [0.1, 0.15) is 5.82 Å². The fraction of sp³-hybridized carbons (Fsp3) is 0.364. The molecule has 7 heteroatoms. The maximum Gasteiger partial charge on any atom is 0.281 e. The first-order valence-corrected chi connectivity index (χ1v) is 14.3. The summed E-state index contributed by atoms with van der Waals surface area (Å²) in [6.45, 7) is 0.254. The number of halogens is 1. The highest BCUT2D eigenvalue weighted by molar-refractivity contribution is 5.98. The maximum atomic E-state index is 14.4. The molecule has 206 valence electrons. The average molecular weight is 540 g/mol. The van der Waals surface area contributed by atoms with Crippen LogP contribution in [0.3, 0.4) is 0 Å². The monoisotopic (exact) mass is 539 g/mol. The molecular weight excluding hydrogens is 505 g/mol. The van der Waals surface area contributed by atoms with Crippen molar-refractivity contribution < 1.29 is 18.7 Å². The molecule has 2 saturated carbocycles. The number of hydrogen-bond donors (Lipinski definition) is 1. The van der Waals surface area contributed by atoms with Crippen LogP contribution in [0.2, 0.25) is 0 Å². The molecule has 3 aromatic rings. The highest BCUT2D eigenvalue weighted by Crippen LogP contribution is 2.39. The molecule has 0 spiro atoms. The van der Waals surface area contributed by atoms with Crippen LogP contribution in [-0.4, -0.2) is 29.3 Å². The third-order valence-electron chi connectivity index (χ3n) is 8.12. The molecule has 0 saturated heterocycles. The summed E-state index contributed by atoms with van der Waals surface area (Å²) in [5.74, 6) is 0.367. The second-order valence-corrected chi connectivity index (χ2v) is 11.3. The van der Waals surface area contributed by atoms with Crippen molar-refractivity contribution in [3.8, 4) is 0 Å². The summed E-state index contributed by atoms with van der Waals surface area (Å²) < 4.78 is 19.9. The van der Waals surface area contributed by atoms with Gasteiger partial charge in [-0.1, -0.05) is 55.3 Å². The van der Waals surface area contributed by atoms with Crippen LogP contribution in [0.5, 0.6) is 0 Å². The summed E-state index contributed by atoms with van der Waals surface area (Å²) in [6, 6.07) is 22.3. The second-order valence-electron chi connectivity index (χ2n) is 11.3. The Balaban J connectivity index is 1.18. The van der Waals surface area contributed by atoms with E-state index >= 15 is 0 Å². The molecule has 1 N–H and O–H groups in total. The molecule has 40 heavy (non-hydrogen) atoms. The number of nitrogens with zero attached hydrogens (tertiary/aromatic N) is 2. The van der Waals surface area contributed by atoms with Crippen LogP contribution >= 0.6 is 0 Å². The molecule has 2 aliphatic carbocycles. The van der Waals surface area contributed by atoms with Crippen LogP contribution in [0.25, 0.3) is 0 Å². The van der Waals surface area contributed by atoms with Gasteiger partial charge in [0.05, 0.1) is 12.5 Å². The molecule has 0 aromatic heterocycles. The fourth-order valence-electron chi connectivity index (χ4n) is 5.89. The van der Waals surface area contributed by atoms with E-state index in [1.165, 1.54) is 23.9 Å². The summed E-state index contributed by atoms with van der Waals surface area (Å²) in [6.07, 6.45) is 7.45. The van der Waals surface area contributed by atoms with E-state index in [-0.39, 0.29) is 36.1 Å². The molecule has 2 amide bonds. The van der Waals surface area contributed by atoms with Gasteiger partial charge in [0, 0.05) is 11.3 Å². The van der Waals surface area contributed by atoms with Gasteiger partial charge in [0.15, 0.2) is 6.61 Å². The highest BCUT2D eigenvalue weighted by atomic mass is 19.1. The van der Waals surface area contributed by atoms with Gasteiger partial charge < -0.3 is 10.1 Å². The molecule has 3 aliphatic rings. The Labute approximate surface area is 234 Å². The molecule has 3 aromatic carbocycles. The zero-order valence-electron chi connectivity index (χ0n) is 22.5. The fourth-order valence-corrected chi connectivity index (χ4v) is 5.89. The highest BCUT2D eigenvalue weighted by Gasteiger charge is 2.32. The molecule has 1 atom stereocenters. The lowest BCUT2D eigenvalue weighted by molar-refractivity contribution is -0.136. The van der Waals surface area contributed by atoms with Gasteiger partial charge in [0.2, 0.25) is 11.8 Å². The molecule has 0 radical (unpaired) electrons. The van der Waals surface area contributed by atoms with Crippen LogP contribution in [0.1, 0.15) is 66.7 Å². The quantitative estimate of drug-likeness (QED) is 0.342. The molecule has 6 nitrogen and oxygen atoms in total. The lowest BCUT2D eigenvalue weighted by atomic mass is 9.83. The number of ether oxygens (including phenoxy) is 1. The largest absolute Gasteiger partial charge is 0.466 e. The molecule has 0 bridgehead atoms. The van der Waals surface area contributed by atoms with E-state index in [1.807, 2.05) is 60.7 Å². The number of carbonyl (C=O) groups is 2. The third-order valence-corrected chi connectivity index (χ3v) is 8.12. The SMILES string of the molecule is O=C(Nc1cc(F)cc(CC2CC2)c1)C(c1ccc(CN2N=C(c3ccccc3)OCC2=O)cc1)C1CCCC1. The molecule has 2 fully saturated rings. The molecule has 1 unspecified atom stereocenters. The Morgan fingerprint density at radius 1 is 0.975 bits per heavy atom. The first-order chi connectivity index (χ1) is 19.5. The van der Waals surface area contributed by atoms with Crippen molar-refractivity contribution in [2.24, 2.45) is 16.9 Å². The topological polar surface area (TPSA) is 71.0 Å². The minimum Gasteiger partial charge on any atom is -0.466 e. The average Bonchev–Trinajstić information content (AvgIpc) is 3.60. The van der Waals surface area contributed by atoms with E-state index in [2.05, 4.69) is 10.4 Å². The van der Waals surface area contributed by atoms with Crippen molar-refractivity contribution in [1.29, 1.82) is 0 Å². The van der Waals surface area contributed by atoms with Gasteiger partial charge in [-0.3, -0.25) is 9.59 Å². The van der Waals surface area contributed by atoms with Crippen molar-refractivity contribution in [2.75, 3.05) is 11.9 Å². The third kappa shape index (κ3) is 6.24. The standard InChI is InChI=1S/C33H34FN3O3/c34-28-17-24(16-22-10-11-22)18-29(19-28)35-32(39)31(25-6-4-5-7-25)26-14-12-23(13-15-26)20-37-30(38)21-40-33(36-37)27-8-2-1-3-9-27/h1-3,8-9,12-15,17-19,22,25,31H,4-7,10-11,16,20-21H2,(H,35,39). The summed E-state index contributed by atoms with van der Waals surface area (Å²) >= 11 is 0. The van der Waals surface area contributed by atoms with E-state index in [0.29, 0.717) is 24.0 Å². The number of hydrazone groups is 1. The number of carbonyl (C=O) groups excluding carboxylic acids is 2. The molecule has 6 rings (SSSR count). The Morgan fingerprint density at radius 2 is 1.73 bits per heavy atom. The predicted octanol–water partition coefficient (Wildman–Crippen LogP) is 6.41. The van der Waals surface area contributed by atoms with Crippen LogP contribution < -0.4 is 5.32 Å². The van der Waals surface area contributed by atoms with E-state index < -0.39 is 0 Å². The molecular formula is C33H34FN3O3. The maximum absolute atomic E-state index is 14.4. The number of benzene rings is 3. The van der Waals surface area contributed by atoms with Crippen molar-refractivity contribution in [2.45, 2.75) is 57.4 Å². The lowest BCUT2D eigenvalue weighted by Gasteiger charge is -2.25. The zero-order chi connectivity index (χ0) is 27.5. The van der Waals surface area contributed by atoms with Crippen LogP contribution in [-0.2, 0) is 27.3 Å². The zero-order valence-corrected chi connectivity index (χ0v) is 22.5. The first kappa shape index (κ1) is 26.2. The van der Waals surface area contributed by atoms with Crippen molar-refractivity contribution in [3.05, 3.63) is 101 Å². The summed E-state index contributed by atoms with van der Waals surface area (Å²) in [4.78, 5) is 26.2. The number of rotatable bonds is 9. The van der Waals surface area contributed by atoms with Gasteiger partial charge in [-0.05, 0) is 91.0 Å². The molecule has 1 heterocycles. The number of nitrogens with one attached hydrogen (secondary N) is 1. The van der Waals surface area contributed by atoms with Crippen LogP contribution in [0.4, 0.5) is 10.1 Å². The lowest BCUT2D eigenvalue weighted by Crippen LogP contribution is -2.36. The van der Waals surface area contributed by atoms with Crippen molar-refractivity contribution in [3.63, 3.8) is 0 Å². The van der Waals surface area contributed by atoms with Gasteiger partial charge in [-0.15, -0.1) is 5.10 Å². The van der Waals surface area contributed by atoms with Crippen molar-refractivity contribution >= 4 is 23.4 Å².